The Morgan fingerprint density at radius 3 is 2.25 bits per heavy atom. The summed E-state index contributed by atoms with van der Waals surface area (Å²) in [5, 5.41) is 3.07. The average molecular weight is 217 g/mol. The smallest absolute Gasteiger partial charge is 0.162 e. The van der Waals surface area contributed by atoms with Crippen LogP contribution >= 0.6 is 0 Å². The number of allylic oxidation sites excluding steroid dienone is 1. The summed E-state index contributed by atoms with van der Waals surface area (Å²) in [7, 11) is 0. The summed E-state index contributed by atoms with van der Waals surface area (Å²) >= 11 is 0. The average Bonchev–Trinajstić information content (AvgIpc) is 2.19. The maximum atomic E-state index is 11.6. The van der Waals surface area contributed by atoms with Gasteiger partial charge in [0, 0.05) is 17.3 Å². The predicted molar refractivity (Wildman–Crippen MR) is 68.4 cm³/mol. The van der Waals surface area contributed by atoms with Gasteiger partial charge >= 0.3 is 0 Å². The molecule has 86 valence electrons. The van der Waals surface area contributed by atoms with E-state index in [-0.39, 0.29) is 11.2 Å². The third-order valence-electron chi connectivity index (χ3n) is 2.28. The van der Waals surface area contributed by atoms with Gasteiger partial charge < -0.3 is 5.32 Å². The van der Waals surface area contributed by atoms with Crippen LogP contribution in [0.25, 0.3) is 0 Å². The molecule has 1 aromatic carbocycles. The zero-order valence-electron chi connectivity index (χ0n) is 10.4. The zero-order valence-corrected chi connectivity index (χ0v) is 10.4. The summed E-state index contributed by atoms with van der Waals surface area (Å²) in [6.07, 6.45) is 3.28. The van der Waals surface area contributed by atoms with E-state index >= 15 is 0 Å². The number of rotatable bonds is 3. The minimum Gasteiger partial charge on any atom is -0.362 e. The van der Waals surface area contributed by atoms with Crippen molar-refractivity contribution in [3.8, 4) is 0 Å². The third kappa shape index (κ3) is 3.89. The Morgan fingerprint density at radius 1 is 1.19 bits per heavy atom. The van der Waals surface area contributed by atoms with Gasteiger partial charge in [-0.1, -0.05) is 38.5 Å². The molecule has 0 atom stereocenters. The SMILES string of the molecule is Cc1ccc(N/C=C/C(=O)C(C)(C)C)cc1. The Balaban J connectivity index is 2.55. The van der Waals surface area contributed by atoms with Crippen molar-refractivity contribution in [2.24, 2.45) is 5.41 Å². The first kappa shape index (κ1) is 12.5. The standard InChI is InChI=1S/C14H19NO/c1-11-5-7-12(8-6-11)15-10-9-13(16)14(2,3)4/h5-10,15H,1-4H3/b10-9+. The summed E-state index contributed by atoms with van der Waals surface area (Å²) in [6, 6.07) is 8.03. The highest BCUT2D eigenvalue weighted by molar-refractivity contribution is 5.94. The number of aryl methyl sites for hydroxylation is 1. The lowest BCUT2D eigenvalue weighted by Gasteiger charge is -2.12. The molecule has 0 bridgehead atoms. The van der Waals surface area contributed by atoms with E-state index in [1.54, 1.807) is 12.3 Å². The third-order valence-corrected chi connectivity index (χ3v) is 2.28. The van der Waals surface area contributed by atoms with Crippen LogP contribution in [0.4, 0.5) is 5.69 Å². The second-order valence-electron chi connectivity index (χ2n) is 4.96. The minimum absolute atomic E-state index is 0.118. The van der Waals surface area contributed by atoms with Crippen molar-refractivity contribution in [1.29, 1.82) is 0 Å². The van der Waals surface area contributed by atoms with Crippen molar-refractivity contribution in [2.45, 2.75) is 27.7 Å². The zero-order chi connectivity index (χ0) is 12.2. The van der Waals surface area contributed by atoms with E-state index in [0.717, 1.165) is 5.69 Å². The Kier molecular flexibility index (Phi) is 3.88. The van der Waals surface area contributed by atoms with Gasteiger partial charge in [0.15, 0.2) is 5.78 Å². The molecule has 1 N–H and O–H groups in total. The van der Waals surface area contributed by atoms with Gasteiger partial charge in [-0.05, 0) is 25.1 Å². The van der Waals surface area contributed by atoms with Gasteiger partial charge in [-0.3, -0.25) is 4.79 Å². The second-order valence-corrected chi connectivity index (χ2v) is 4.96. The molecule has 16 heavy (non-hydrogen) atoms. The van der Waals surface area contributed by atoms with Crippen molar-refractivity contribution >= 4 is 11.5 Å². The van der Waals surface area contributed by atoms with Crippen molar-refractivity contribution in [1.82, 2.24) is 0 Å². The predicted octanol–water partition coefficient (Wildman–Crippen LogP) is 3.54. The molecule has 1 rings (SSSR count). The van der Waals surface area contributed by atoms with Crippen LogP contribution in [0.5, 0.6) is 0 Å². The maximum Gasteiger partial charge on any atom is 0.162 e. The van der Waals surface area contributed by atoms with Gasteiger partial charge in [0.1, 0.15) is 0 Å². The van der Waals surface area contributed by atoms with E-state index in [9.17, 15) is 4.79 Å². The fourth-order valence-corrected chi connectivity index (χ4v) is 1.11. The fourth-order valence-electron chi connectivity index (χ4n) is 1.11. The van der Waals surface area contributed by atoms with Gasteiger partial charge in [0.25, 0.3) is 0 Å². The molecule has 2 nitrogen and oxygen atoms in total. The maximum absolute atomic E-state index is 11.6. The molecule has 0 amide bonds. The van der Waals surface area contributed by atoms with Gasteiger partial charge in [-0.2, -0.15) is 0 Å². The molecule has 0 radical (unpaired) electrons. The van der Waals surface area contributed by atoms with E-state index < -0.39 is 0 Å². The van der Waals surface area contributed by atoms with E-state index in [2.05, 4.69) is 5.32 Å². The highest BCUT2D eigenvalue weighted by atomic mass is 16.1. The highest BCUT2D eigenvalue weighted by Gasteiger charge is 2.17. The molecular formula is C14H19NO. The van der Waals surface area contributed by atoms with Crippen molar-refractivity contribution in [3.05, 3.63) is 42.1 Å². The normalized spacial score (nSPS) is 11.8. The second kappa shape index (κ2) is 4.97. The number of carbonyl (C=O) groups excluding carboxylic acids is 1. The molecule has 2 heteroatoms. The monoisotopic (exact) mass is 217 g/mol. The van der Waals surface area contributed by atoms with Crippen LogP contribution in [-0.4, -0.2) is 5.78 Å². The lowest BCUT2D eigenvalue weighted by atomic mass is 9.91. The summed E-state index contributed by atoms with van der Waals surface area (Å²) in [6.45, 7) is 7.77. The number of hydrogen-bond donors (Lipinski definition) is 1. The highest BCUT2D eigenvalue weighted by Crippen LogP contribution is 2.15. The van der Waals surface area contributed by atoms with E-state index in [1.165, 1.54) is 5.56 Å². The topological polar surface area (TPSA) is 29.1 Å². The van der Waals surface area contributed by atoms with Crippen molar-refractivity contribution < 1.29 is 4.79 Å². The molecule has 0 saturated heterocycles. The summed E-state index contributed by atoms with van der Waals surface area (Å²) in [5.74, 6) is 0.118. The van der Waals surface area contributed by atoms with Gasteiger partial charge in [-0.15, -0.1) is 0 Å². The first-order valence-electron chi connectivity index (χ1n) is 5.44. The number of benzene rings is 1. The molecule has 0 aliphatic carbocycles. The Morgan fingerprint density at radius 2 is 1.75 bits per heavy atom. The first-order chi connectivity index (χ1) is 7.39. The number of anilines is 1. The van der Waals surface area contributed by atoms with Crippen LogP contribution in [0.15, 0.2) is 36.5 Å². The Labute approximate surface area is 97.4 Å². The first-order valence-corrected chi connectivity index (χ1v) is 5.44. The van der Waals surface area contributed by atoms with E-state index in [0.29, 0.717) is 0 Å². The number of nitrogens with one attached hydrogen (secondary N) is 1. The molecule has 0 unspecified atom stereocenters. The lowest BCUT2D eigenvalue weighted by molar-refractivity contribution is -0.121. The van der Waals surface area contributed by atoms with Crippen molar-refractivity contribution in [3.63, 3.8) is 0 Å². The van der Waals surface area contributed by atoms with Crippen LogP contribution in [0, 0.1) is 12.3 Å². The van der Waals surface area contributed by atoms with Crippen LogP contribution < -0.4 is 5.32 Å². The van der Waals surface area contributed by atoms with Crippen LogP contribution in [0.2, 0.25) is 0 Å². The van der Waals surface area contributed by atoms with E-state index in [1.807, 2.05) is 52.0 Å². The summed E-state index contributed by atoms with van der Waals surface area (Å²) < 4.78 is 0. The lowest BCUT2D eigenvalue weighted by Crippen LogP contribution is -2.17. The Bertz CT molecular complexity index is 382. The molecule has 0 spiro atoms. The van der Waals surface area contributed by atoms with Crippen molar-refractivity contribution in [2.75, 3.05) is 5.32 Å². The quantitative estimate of drug-likeness (QED) is 0.785. The number of carbonyl (C=O) groups is 1. The number of ketones is 1. The molecule has 0 fully saturated rings. The molecule has 0 aliphatic rings. The molecule has 0 heterocycles. The summed E-state index contributed by atoms with van der Waals surface area (Å²) in [4.78, 5) is 11.6. The van der Waals surface area contributed by atoms with Crippen LogP contribution in [-0.2, 0) is 4.79 Å². The van der Waals surface area contributed by atoms with Gasteiger partial charge in [0.2, 0.25) is 0 Å². The number of hydrogen-bond acceptors (Lipinski definition) is 2. The molecule has 0 aliphatic heterocycles. The molecule has 1 aromatic rings. The van der Waals surface area contributed by atoms with E-state index in [4.69, 9.17) is 0 Å². The summed E-state index contributed by atoms with van der Waals surface area (Å²) in [5.41, 5.74) is 1.90. The minimum atomic E-state index is -0.314. The van der Waals surface area contributed by atoms with Crippen LogP contribution in [0.1, 0.15) is 26.3 Å². The fraction of sp³-hybridized carbons (Fsp3) is 0.357. The van der Waals surface area contributed by atoms with Gasteiger partial charge in [0.05, 0.1) is 0 Å². The largest absolute Gasteiger partial charge is 0.362 e. The molecule has 0 saturated carbocycles. The van der Waals surface area contributed by atoms with Crippen LogP contribution in [0.3, 0.4) is 0 Å². The molecule has 0 aromatic heterocycles. The Hall–Kier alpha value is -1.57. The molecular weight excluding hydrogens is 198 g/mol. The van der Waals surface area contributed by atoms with Gasteiger partial charge in [-0.25, -0.2) is 0 Å².